The number of carbonyl (C=O) groups excluding carboxylic acids is 1. The second-order valence-corrected chi connectivity index (χ2v) is 7.00. The van der Waals surface area contributed by atoms with Crippen LogP contribution in [0.1, 0.15) is 4.88 Å². The van der Waals surface area contributed by atoms with Crippen molar-refractivity contribution in [3.8, 4) is 11.3 Å². The number of nitrogens with zero attached hydrogens (tertiary/aromatic N) is 2. The summed E-state index contributed by atoms with van der Waals surface area (Å²) in [4.78, 5) is 34.8. The van der Waals surface area contributed by atoms with E-state index in [1.165, 1.54) is 34.9 Å². The fourth-order valence-electron chi connectivity index (χ4n) is 2.70. The highest BCUT2D eigenvalue weighted by molar-refractivity contribution is 7.09. The fraction of sp³-hybridized carbons (Fsp3) is 0.111. The Bertz CT molecular complexity index is 1120. The number of rotatable bonds is 5. The lowest BCUT2D eigenvalue weighted by Crippen LogP contribution is -2.25. The van der Waals surface area contributed by atoms with Crippen LogP contribution >= 0.6 is 11.3 Å². The minimum Gasteiger partial charge on any atom is -0.324 e. The molecule has 0 aliphatic carbocycles. The van der Waals surface area contributed by atoms with Gasteiger partial charge in [-0.25, -0.2) is 4.39 Å². The number of thiazole rings is 1. The van der Waals surface area contributed by atoms with Crippen LogP contribution in [0.3, 0.4) is 0 Å². The summed E-state index contributed by atoms with van der Waals surface area (Å²) in [5.41, 5.74) is 0.312. The predicted molar refractivity (Wildman–Crippen MR) is 100 cm³/mol. The van der Waals surface area contributed by atoms with Gasteiger partial charge in [0.05, 0.1) is 10.6 Å². The van der Waals surface area contributed by atoms with Crippen LogP contribution in [0.2, 0.25) is 0 Å². The predicted octanol–water partition coefficient (Wildman–Crippen LogP) is 3.71. The summed E-state index contributed by atoms with van der Waals surface area (Å²) < 4.78 is 27.8. The molecule has 0 bridgehead atoms. The Kier molecular flexibility index (Phi) is 5.32. The van der Waals surface area contributed by atoms with Crippen LogP contribution in [0, 0.1) is 28.7 Å². The first-order valence-corrected chi connectivity index (χ1v) is 8.78. The third-order valence-corrected chi connectivity index (χ3v) is 4.80. The Morgan fingerprint density at radius 3 is 2.54 bits per heavy atom. The normalized spacial score (nSPS) is 10.7. The van der Waals surface area contributed by atoms with Gasteiger partial charge in [-0.15, -0.1) is 0 Å². The van der Waals surface area contributed by atoms with Crippen molar-refractivity contribution >= 4 is 28.6 Å². The monoisotopic (exact) mass is 405 g/mol. The highest BCUT2D eigenvalue weighted by Crippen LogP contribution is 2.26. The first-order valence-electron chi connectivity index (χ1n) is 7.96. The van der Waals surface area contributed by atoms with Crippen LogP contribution in [0.5, 0.6) is 0 Å². The number of hydrogen-bond acceptors (Lipinski definition) is 5. The molecule has 0 atom stereocenters. The quantitative estimate of drug-likeness (QED) is 0.517. The van der Waals surface area contributed by atoms with Crippen LogP contribution in [0.15, 0.2) is 47.3 Å². The highest BCUT2D eigenvalue weighted by Gasteiger charge is 2.18. The standard InChI is InChI=1S/C18H13F2N3O4S/c1-10-17(11-2-4-12(19)5-3-11)22(18(25)28-10)9-16(24)21-13-6-7-14(20)15(8-13)23(26)27/h2-8H,9H2,1H3,(H,21,24). The van der Waals surface area contributed by atoms with Crippen molar-refractivity contribution in [3.05, 3.63) is 78.8 Å². The first kappa shape index (κ1) is 19.4. The Balaban J connectivity index is 1.87. The zero-order valence-corrected chi connectivity index (χ0v) is 15.3. The van der Waals surface area contributed by atoms with E-state index < -0.39 is 28.2 Å². The number of halogens is 2. The van der Waals surface area contributed by atoms with Gasteiger partial charge in [0.15, 0.2) is 0 Å². The molecule has 0 radical (unpaired) electrons. The molecule has 2 aromatic carbocycles. The van der Waals surface area contributed by atoms with Crippen molar-refractivity contribution in [3.63, 3.8) is 0 Å². The molecule has 1 heterocycles. The smallest absolute Gasteiger partial charge is 0.308 e. The third-order valence-electron chi connectivity index (χ3n) is 3.91. The van der Waals surface area contributed by atoms with Gasteiger partial charge in [-0.1, -0.05) is 11.3 Å². The summed E-state index contributed by atoms with van der Waals surface area (Å²) in [5.74, 6) is -2.07. The number of anilines is 1. The largest absolute Gasteiger partial charge is 0.324 e. The maximum atomic E-state index is 13.4. The molecule has 10 heteroatoms. The topological polar surface area (TPSA) is 94.2 Å². The van der Waals surface area contributed by atoms with E-state index in [-0.39, 0.29) is 17.1 Å². The lowest BCUT2D eigenvalue weighted by Gasteiger charge is -2.10. The maximum absolute atomic E-state index is 13.4. The zero-order chi connectivity index (χ0) is 20.4. The van der Waals surface area contributed by atoms with Crippen molar-refractivity contribution in [2.45, 2.75) is 13.5 Å². The van der Waals surface area contributed by atoms with E-state index >= 15 is 0 Å². The number of benzene rings is 2. The van der Waals surface area contributed by atoms with E-state index in [0.717, 1.165) is 23.5 Å². The van der Waals surface area contributed by atoms with E-state index in [1.54, 1.807) is 6.92 Å². The Morgan fingerprint density at radius 1 is 1.21 bits per heavy atom. The van der Waals surface area contributed by atoms with Crippen LogP contribution < -0.4 is 10.2 Å². The molecule has 0 saturated heterocycles. The van der Waals surface area contributed by atoms with E-state index in [9.17, 15) is 28.5 Å². The second-order valence-electron chi connectivity index (χ2n) is 5.84. The number of nitro groups is 1. The summed E-state index contributed by atoms with van der Waals surface area (Å²) in [6.45, 7) is 1.35. The van der Waals surface area contributed by atoms with Gasteiger partial charge < -0.3 is 5.32 Å². The van der Waals surface area contributed by atoms with Crippen molar-refractivity contribution < 1.29 is 18.5 Å². The fourth-order valence-corrected chi connectivity index (χ4v) is 3.55. The van der Waals surface area contributed by atoms with Crippen molar-refractivity contribution in [2.24, 2.45) is 0 Å². The molecule has 7 nitrogen and oxygen atoms in total. The number of aryl methyl sites for hydroxylation is 1. The van der Waals surface area contributed by atoms with Crippen LogP contribution in [0.25, 0.3) is 11.3 Å². The number of carbonyl (C=O) groups is 1. The molecule has 28 heavy (non-hydrogen) atoms. The molecule has 0 saturated carbocycles. The van der Waals surface area contributed by atoms with Gasteiger partial charge in [0.2, 0.25) is 11.7 Å². The molecule has 0 aliphatic rings. The summed E-state index contributed by atoms with van der Waals surface area (Å²) in [5, 5.41) is 13.2. The van der Waals surface area contributed by atoms with Gasteiger partial charge >= 0.3 is 10.6 Å². The lowest BCUT2D eigenvalue weighted by molar-refractivity contribution is -0.387. The Labute approximate surface area is 161 Å². The van der Waals surface area contributed by atoms with Crippen molar-refractivity contribution in [2.75, 3.05) is 5.32 Å². The zero-order valence-electron chi connectivity index (χ0n) is 14.4. The van der Waals surface area contributed by atoms with E-state index in [1.807, 2.05) is 0 Å². The number of nitrogens with one attached hydrogen (secondary N) is 1. The van der Waals surface area contributed by atoms with Gasteiger partial charge in [0, 0.05) is 16.6 Å². The summed E-state index contributed by atoms with van der Waals surface area (Å²) in [7, 11) is 0. The summed E-state index contributed by atoms with van der Waals surface area (Å²) in [6.07, 6.45) is 0. The lowest BCUT2D eigenvalue weighted by atomic mass is 10.1. The molecular weight excluding hydrogens is 392 g/mol. The van der Waals surface area contributed by atoms with Crippen molar-refractivity contribution in [1.29, 1.82) is 0 Å². The third kappa shape index (κ3) is 3.96. The molecule has 0 spiro atoms. The first-order chi connectivity index (χ1) is 13.3. The molecule has 0 unspecified atom stereocenters. The molecule has 0 aliphatic heterocycles. The van der Waals surface area contributed by atoms with Crippen molar-refractivity contribution in [1.82, 2.24) is 4.57 Å². The van der Waals surface area contributed by atoms with E-state index in [2.05, 4.69) is 5.32 Å². The van der Waals surface area contributed by atoms with E-state index in [0.29, 0.717) is 16.1 Å². The maximum Gasteiger partial charge on any atom is 0.308 e. The number of hydrogen-bond donors (Lipinski definition) is 1. The molecule has 1 aromatic heterocycles. The average molecular weight is 405 g/mol. The molecule has 3 rings (SSSR count). The number of aromatic nitrogens is 1. The van der Waals surface area contributed by atoms with Gasteiger partial charge in [-0.3, -0.25) is 24.3 Å². The second kappa shape index (κ2) is 7.69. The minimum atomic E-state index is -1.02. The number of amides is 1. The molecule has 1 amide bonds. The number of nitro benzene ring substituents is 1. The van der Waals surface area contributed by atoms with Crippen LogP contribution in [-0.4, -0.2) is 15.4 Å². The molecular formula is C18H13F2N3O4S. The average Bonchev–Trinajstić information content (AvgIpc) is 2.90. The summed E-state index contributed by atoms with van der Waals surface area (Å²) in [6, 6.07) is 8.46. The van der Waals surface area contributed by atoms with Crippen LogP contribution in [0.4, 0.5) is 20.2 Å². The Hall–Kier alpha value is -3.40. The molecule has 0 fully saturated rings. The summed E-state index contributed by atoms with van der Waals surface area (Å²) >= 11 is 0.946. The Morgan fingerprint density at radius 2 is 1.89 bits per heavy atom. The molecule has 144 valence electrons. The van der Waals surface area contributed by atoms with Gasteiger partial charge in [-0.05, 0) is 48.9 Å². The van der Waals surface area contributed by atoms with Gasteiger partial charge in [0.1, 0.15) is 12.4 Å². The minimum absolute atomic E-state index is 0.0291. The van der Waals surface area contributed by atoms with Crippen LogP contribution in [-0.2, 0) is 11.3 Å². The van der Waals surface area contributed by atoms with Gasteiger partial charge in [0.25, 0.3) is 0 Å². The molecule has 1 N–H and O–H groups in total. The SMILES string of the molecule is Cc1sc(=O)n(CC(=O)Nc2ccc(F)c([N+](=O)[O-])c2)c1-c1ccc(F)cc1. The van der Waals surface area contributed by atoms with Gasteiger partial charge in [-0.2, -0.15) is 4.39 Å². The molecule has 3 aromatic rings. The highest BCUT2D eigenvalue weighted by atomic mass is 32.1. The van der Waals surface area contributed by atoms with E-state index in [4.69, 9.17) is 0 Å².